The van der Waals surface area contributed by atoms with E-state index in [-0.39, 0.29) is 17.7 Å². The second-order valence-corrected chi connectivity index (χ2v) is 9.51. The molecular weight excluding hydrogens is 436 g/mol. The zero-order valence-electron chi connectivity index (χ0n) is 18.9. The Morgan fingerprint density at radius 2 is 1.85 bits per heavy atom. The fourth-order valence-electron chi connectivity index (χ4n) is 3.40. The fraction of sp³-hybridized carbons (Fsp3) is 0.391. The summed E-state index contributed by atoms with van der Waals surface area (Å²) in [5.74, 6) is 1.47. The molecule has 10 heteroatoms. The Bertz CT molecular complexity index is 1040. The van der Waals surface area contributed by atoms with E-state index in [0.29, 0.717) is 16.7 Å². The lowest BCUT2D eigenvalue weighted by Crippen LogP contribution is -2.44. The highest BCUT2D eigenvalue weighted by atomic mass is 32.2. The van der Waals surface area contributed by atoms with Crippen LogP contribution in [0.1, 0.15) is 19.8 Å². The summed E-state index contributed by atoms with van der Waals surface area (Å²) >= 11 is 1.42. The molecule has 4 rings (SSSR count). The molecular formula is C23H29N8OS-. The van der Waals surface area contributed by atoms with Crippen molar-refractivity contribution in [2.24, 2.45) is 11.7 Å². The van der Waals surface area contributed by atoms with Gasteiger partial charge in [0.05, 0.1) is 5.82 Å². The van der Waals surface area contributed by atoms with Gasteiger partial charge in [0.25, 0.3) is 0 Å². The molecule has 1 amide bonds. The van der Waals surface area contributed by atoms with Crippen molar-refractivity contribution in [3.8, 4) is 0 Å². The molecule has 0 unspecified atom stereocenters. The van der Waals surface area contributed by atoms with E-state index in [9.17, 15) is 10.2 Å². The molecule has 9 nitrogen and oxygen atoms in total. The third-order valence-corrected chi connectivity index (χ3v) is 6.29. The average Bonchev–Trinajstić information content (AvgIpc) is 3.60. The maximum absolute atomic E-state index is 12.0. The van der Waals surface area contributed by atoms with Gasteiger partial charge in [-0.3, -0.25) is 4.79 Å². The maximum Gasteiger partial charge on any atom is 0.227 e. The minimum Gasteiger partial charge on any atom is -0.465 e. The average molecular weight is 466 g/mol. The third kappa shape index (κ3) is 6.69. The predicted octanol–water partition coefficient (Wildman–Crippen LogP) is 2.97. The third-order valence-electron chi connectivity index (χ3n) is 5.42. The van der Waals surface area contributed by atoms with Crippen LogP contribution in [0.5, 0.6) is 0 Å². The lowest BCUT2D eigenvalue weighted by molar-refractivity contribution is -0.117. The van der Waals surface area contributed by atoms with E-state index in [0.717, 1.165) is 55.4 Å². The van der Waals surface area contributed by atoms with Crippen LogP contribution >= 0.6 is 11.8 Å². The number of anilines is 3. The van der Waals surface area contributed by atoms with Crippen LogP contribution in [-0.2, 0) is 4.79 Å². The number of benzene rings is 1. The first-order valence-electron chi connectivity index (χ1n) is 11.0. The largest absolute Gasteiger partial charge is 0.465 e. The number of hydrogen-bond donors (Lipinski definition) is 3. The van der Waals surface area contributed by atoms with Crippen LogP contribution in [0, 0.1) is 5.92 Å². The topological polar surface area (TPSA) is 122 Å². The summed E-state index contributed by atoms with van der Waals surface area (Å²) < 4.78 is 0. The van der Waals surface area contributed by atoms with Crippen LogP contribution in [-0.4, -0.2) is 59.8 Å². The standard InChI is InChI=1S/C23H29N8OS/c1-15(24)13-19(25)27-20-14-21(31-11-9-30(2)10-12-31)29-23(28-20)33-18-7-5-17(6-8-18)26-22(32)16-3-4-16/h5-8,13-14,16H,3-4,9-12H2,1-2H3,(H4-,24,25,26,27,28,29,32)/q-1. The number of nitrogens with zero attached hydrogens (tertiary/aromatic N) is 5. The number of nitrogens with two attached hydrogens (primary N) is 1. The van der Waals surface area contributed by atoms with Crippen LogP contribution in [0.4, 0.5) is 17.3 Å². The van der Waals surface area contributed by atoms with Gasteiger partial charge in [-0.05, 0) is 68.9 Å². The molecule has 2 aliphatic rings. The van der Waals surface area contributed by atoms with E-state index < -0.39 is 0 Å². The number of aromatic nitrogens is 2. The Kier molecular flexibility index (Phi) is 7.14. The SMILES string of the molecule is C/C(N)=C/C(=[N-])Nc1cc(N2CCN(C)CC2)nc(Sc2ccc(NC(=O)C3CC3)cc2)n1. The molecule has 4 N–H and O–H groups in total. The van der Waals surface area contributed by atoms with E-state index in [2.05, 4.69) is 32.5 Å². The molecule has 174 valence electrons. The van der Waals surface area contributed by atoms with Gasteiger partial charge in [-0.2, -0.15) is 0 Å². The molecule has 2 aromatic rings. The Morgan fingerprint density at radius 1 is 1.15 bits per heavy atom. The Morgan fingerprint density at radius 3 is 2.48 bits per heavy atom. The van der Waals surface area contributed by atoms with Crippen LogP contribution in [0.25, 0.3) is 5.41 Å². The van der Waals surface area contributed by atoms with Crippen molar-refractivity contribution < 1.29 is 4.79 Å². The summed E-state index contributed by atoms with van der Waals surface area (Å²) in [6.45, 7) is 5.34. The second kappa shape index (κ2) is 10.2. The molecule has 1 saturated carbocycles. The smallest absolute Gasteiger partial charge is 0.227 e. The van der Waals surface area contributed by atoms with Gasteiger partial charge in [0, 0.05) is 54.4 Å². The van der Waals surface area contributed by atoms with Gasteiger partial charge < -0.3 is 31.6 Å². The molecule has 1 aromatic heterocycles. The molecule has 1 aliphatic carbocycles. The van der Waals surface area contributed by atoms with Gasteiger partial charge in [-0.1, -0.05) is 5.84 Å². The molecule has 1 aliphatic heterocycles. The van der Waals surface area contributed by atoms with E-state index in [4.69, 9.17) is 10.7 Å². The normalized spacial score (nSPS) is 17.0. The number of nitrogens with one attached hydrogen (secondary N) is 2. The summed E-state index contributed by atoms with van der Waals surface area (Å²) in [5, 5.41) is 16.6. The first-order valence-corrected chi connectivity index (χ1v) is 11.9. The van der Waals surface area contributed by atoms with Crippen LogP contribution < -0.4 is 21.3 Å². The van der Waals surface area contributed by atoms with Crippen LogP contribution in [0.15, 0.2) is 52.2 Å². The number of amides is 1. The summed E-state index contributed by atoms with van der Waals surface area (Å²) in [4.78, 5) is 26.8. The van der Waals surface area contributed by atoms with Crippen molar-refractivity contribution >= 4 is 40.8 Å². The van der Waals surface area contributed by atoms with Crippen molar-refractivity contribution in [1.29, 1.82) is 0 Å². The molecule has 1 aromatic carbocycles. The number of piperazine rings is 1. The molecule has 33 heavy (non-hydrogen) atoms. The number of carbonyl (C=O) groups excluding carboxylic acids is 1. The van der Waals surface area contributed by atoms with Crippen LogP contribution in [0.2, 0.25) is 0 Å². The second-order valence-electron chi connectivity index (χ2n) is 8.47. The molecule has 0 atom stereocenters. The number of hydrogen-bond acceptors (Lipinski definition) is 7. The van der Waals surface area contributed by atoms with Gasteiger partial charge >= 0.3 is 0 Å². The van der Waals surface area contributed by atoms with E-state index in [1.54, 1.807) is 6.92 Å². The molecule has 2 heterocycles. The van der Waals surface area contributed by atoms with Crippen molar-refractivity contribution in [2.45, 2.75) is 29.8 Å². The summed E-state index contributed by atoms with van der Waals surface area (Å²) in [6.07, 6.45) is 3.40. The van der Waals surface area contributed by atoms with Crippen LogP contribution in [0.3, 0.4) is 0 Å². The maximum atomic E-state index is 12.0. The number of rotatable bonds is 7. The number of amidine groups is 1. The Balaban J connectivity index is 1.52. The highest BCUT2D eigenvalue weighted by molar-refractivity contribution is 7.99. The lowest BCUT2D eigenvalue weighted by atomic mass is 10.3. The molecule has 2 fully saturated rings. The molecule has 1 saturated heterocycles. The minimum atomic E-state index is -0.0789. The molecule has 0 spiro atoms. The summed E-state index contributed by atoms with van der Waals surface area (Å²) in [6, 6.07) is 9.50. The monoisotopic (exact) mass is 465 g/mol. The van der Waals surface area contributed by atoms with Crippen molar-refractivity contribution in [3.63, 3.8) is 0 Å². The van der Waals surface area contributed by atoms with Gasteiger partial charge in [0.15, 0.2) is 5.16 Å². The van der Waals surface area contributed by atoms with Gasteiger partial charge in [-0.15, -0.1) is 0 Å². The first-order chi connectivity index (χ1) is 15.9. The van der Waals surface area contributed by atoms with Crippen molar-refractivity contribution in [2.75, 3.05) is 48.8 Å². The first kappa shape index (κ1) is 23.1. The highest BCUT2D eigenvalue weighted by Gasteiger charge is 2.29. The van der Waals surface area contributed by atoms with E-state index in [1.165, 1.54) is 17.8 Å². The van der Waals surface area contributed by atoms with Gasteiger partial charge in [0.1, 0.15) is 5.82 Å². The van der Waals surface area contributed by atoms with Crippen molar-refractivity contribution in [1.82, 2.24) is 14.9 Å². The van der Waals surface area contributed by atoms with Crippen molar-refractivity contribution in [3.05, 3.63) is 47.5 Å². The Labute approximate surface area is 198 Å². The Hall–Kier alpha value is -3.11. The van der Waals surface area contributed by atoms with Gasteiger partial charge in [0.2, 0.25) is 5.91 Å². The molecule has 0 bridgehead atoms. The predicted molar refractivity (Wildman–Crippen MR) is 134 cm³/mol. The number of carbonyl (C=O) groups is 1. The molecule has 0 radical (unpaired) electrons. The van der Waals surface area contributed by atoms with E-state index >= 15 is 0 Å². The number of likely N-dealkylation sites (N-methyl/N-ethyl adjacent to an activating group) is 1. The zero-order chi connectivity index (χ0) is 23.4. The van der Waals surface area contributed by atoms with Gasteiger partial charge in [-0.25, -0.2) is 9.97 Å². The summed E-state index contributed by atoms with van der Waals surface area (Å²) in [5.41, 5.74) is 6.93. The highest BCUT2D eigenvalue weighted by Crippen LogP contribution is 2.32. The van der Waals surface area contributed by atoms with E-state index in [1.807, 2.05) is 30.3 Å². The quantitative estimate of drug-likeness (QED) is 0.324. The lowest BCUT2D eigenvalue weighted by Gasteiger charge is -2.33. The number of allylic oxidation sites excluding steroid dienone is 1. The fourth-order valence-corrected chi connectivity index (χ4v) is 4.17. The minimum absolute atomic E-state index is 0.0789. The zero-order valence-corrected chi connectivity index (χ0v) is 19.7. The summed E-state index contributed by atoms with van der Waals surface area (Å²) in [7, 11) is 2.11.